The quantitative estimate of drug-likeness (QED) is 0.257. The summed E-state index contributed by atoms with van der Waals surface area (Å²) in [5.74, 6) is 3.07. The van der Waals surface area contributed by atoms with Crippen molar-refractivity contribution < 1.29 is 0 Å². The molecule has 0 saturated heterocycles. The Hall–Kier alpha value is -1.18. The molecule has 0 aromatic carbocycles. The molecule has 0 nitrogen and oxygen atoms in total. The lowest BCUT2D eigenvalue weighted by Gasteiger charge is -2.07. The molecular weight excluding hydrogens is 192 g/mol. The maximum Gasteiger partial charge on any atom is 0.0380 e. The summed E-state index contributed by atoms with van der Waals surface area (Å²) in [5.41, 5.74) is 5.99. The van der Waals surface area contributed by atoms with Crippen LogP contribution in [-0.2, 0) is 0 Å². The SMILES string of the molecule is C#CC(C)/C(=C\CCC=C=C(C)CC)CC. The molecule has 0 aromatic heterocycles. The van der Waals surface area contributed by atoms with E-state index in [1.54, 1.807) is 0 Å². The molecule has 0 heteroatoms. The van der Waals surface area contributed by atoms with E-state index >= 15 is 0 Å². The molecule has 0 bridgehead atoms. The van der Waals surface area contributed by atoms with Crippen molar-refractivity contribution in [3.8, 4) is 12.3 Å². The zero-order valence-electron chi connectivity index (χ0n) is 11.1. The largest absolute Gasteiger partial charge is 0.126 e. The number of hydrogen-bond donors (Lipinski definition) is 0. The van der Waals surface area contributed by atoms with Gasteiger partial charge in [0.25, 0.3) is 0 Å². The van der Waals surface area contributed by atoms with Gasteiger partial charge < -0.3 is 0 Å². The number of allylic oxidation sites excluding steroid dienone is 3. The van der Waals surface area contributed by atoms with Gasteiger partial charge in [0.05, 0.1) is 0 Å². The second-order valence-corrected chi connectivity index (χ2v) is 4.08. The van der Waals surface area contributed by atoms with Crippen LogP contribution in [0.15, 0.2) is 29.0 Å². The maximum absolute atomic E-state index is 5.42. The van der Waals surface area contributed by atoms with E-state index < -0.39 is 0 Å². The van der Waals surface area contributed by atoms with Crippen LogP contribution < -0.4 is 0 Å². The predicted octanol–water partition coefficient (Wildman–Crippen LogP) is 4.88. The van der Waals surface area contributed by atoms with Gasteiger partial charge in [-0.3, -0.25) is 0 Å². The Kier molecular flexibility index (Phi) is 8.41. The number of rotatable bonds is 6. The molecule has 1 atom stereocenters. The second kappa shape index (κ2) is 9.08. The van der Waals surface area contributed by atoms with Crippen LogP contribution >= 0.6 is 0 Å². The Bertz CT molecular complexity index is 316. The highest BCUT2D eigenvalue weighted by Gasteiger charge is 2.01. The van der Waals surface area contributed by atoms with Crippen molar-refractivity contribution in [1.82, 2.24) is 0 Å². The monoisotopic (exact) mass is 216 g/mol. The van der Waals surface area contributed by atoms with Gasteiger partial charge in [-0.25, -0.2) is 0 Å². The minimum Gasteiger partial charge on any atom is -0.126 e. The van der Waals surface area contributed by atoms with Crippen molar-refractivity contribution in [2.75, 3.05) is 0 Å². The summed E-state index contributed by atoms with van der Waals surface area (Å²) in [5, 5.41) is 0. The van der Waals surface area contributed by atoms with Gasteiger partial charge >= 0.3 is 0 Å². The summed E-state index contributed by atoms with van der Waals surface area (Å²) in [4.78, 5) is 0. The van der Waals surface area contributed by atoms with Crippen LogP contribution in [0.1, 0.15) is 53.4 Å². The van der Waals surface area contributed by atoms with E-state index in [9.17, 15) is 0 Å². The zero-order valence-corrected chi connectivity index (χ0v) is 11.1. The van der Waals surface area contributed by atoms with Crippen molar-refractivity contribution in [3.05, 3.63) is 29.0 Å². The Balaban J connectivity index is 4.18. The summed E-state index contributed by atoms with van der Waals surface area (Å²) >= 11 is 0. The molecule has 16 heavy (non-hydrogen) atoms. The fourth-order valence-corrected chi connectivity index (χ4v) is 1.43. The lowest BCUT2D eigenvalue weighted by Crippen LogP contribution is -1.94. The zero-order chi connectivity index (χ0) is 12.4. The first kappa shape index (κ1) is 14.8. The summed E-state index contributed by atoms with van der Waals surface area (Å²) < 4.78 is 0. The normalized spacial score (nSPS) is 12.6. The van der Waals surface area contributed by atoms with Gasteiger partial charge in [0.15, 0.2) is 0 Å². The van der Waals surface area contributed by atoms with E-state index in [4.69, 9.17) is 6.42 Å². The lowest BCUT2D eigenvalue weighted by atomic mass is 9.98. The minimum absolute atomic E-state index is 0.280. The van der Waals surface area contributed by atoms with Crippen molar-refractivity contribution >= 4 is 0 Å². The van der Waals surface area contributed by atoms with Crippen molar-refractivity contribution in [2.45, 2.75) is 53.4 Å². The molecule has 0 rings (SSSR count). The smallest absolute Gasteiger partial charge is 0.0380 e. The fourth-order valence-electron chi connectivity index (χ4n) is 1.43. The first-order valence-electron chi connectivity index (χ1n) is 6.21. The molecule has 0 saturated carbocycles. The van der Waals surface area contributed by atoms with E-state index in [2.05, 4.69) is 51.5 Å². The molecule has 88 valence electrons. The van der Waals surface area contributed by atoms with Gasteiger partial charge in [-0.1, -0.05) is 31.4 Å². The molecule has 0 fully saturated rings. The Morgan fingerprint density at radius 3 is 2.44 bits per heavy atom. The molecule has 0 radical (unpaired) electrons. The fraction of sp³-hybridized carbons (Fsp3) is 0.562. The van der Waals surface area contributed by atoms with E-state index in [0.29, 0.717) is 0 Å². The van der Waals surface area contributed by atoms with Crippen molar-refractivity contribution in [3.63, 3.8) is 0 Å². The number of terminal acetylenes is 1. The van der Waals surface area contributed by atoms with E-state index in [1.807, 2.05) is 0 Å². The summed E-state index contributed by atoms with van der Waals surface area (Å²) in [6, 6.07) is 0. The molecule has 1 unspecified atom stereocenters. The molecule has 0 aromatic rings. The lowest BCUT2D eigenvalue weighted by molar-refractivity contribution is 0.819. The van der Waals surface area contributed by atoms with Gasteiger partial charge in [0, 0.05) is 5.92 Å². The number of hydrogen-bond acceptors (Lipinski definition) is 0. The maximum atomic E-state index is 5.42. The molecule has 0 aliphatic rings. The molecular formula is C16H24. The topological polar surface area (TPSA) is 0 Å². The van der Waals surface area contributed by atoms with Crippen molar-refractivity contribution in [2.24, 2.45) is 5.92 Å². The molecule has 0 aliphatic carbocycles. The average molecular weight is 216 g/mol. The van der Waals surface area contributed by atoms with Gasteiger partial charge in [-0.15, -0.1) is 12.2 Å². The molecule has 0 spiro atoms. The van der Waals surface area contributed by atoms with E-state index in [-0.39, 0.29) is 5.92 Å². The van der Waals surface area contributed by atoms with Gasteiger partial charge in [0.2, 0.25) is 0 Å². The third-order valence-corrected chi connectivity index (χ3v) is 2.81. The summed E-state index contributed by atoms with van der Waals surface area (Å²) in [6.45, 7) is 8.52. The average Bonchev–Trinajstić information content (AvgIpc) is 2.32. The third kappa shape index (κ3) is 6.33. The third-order valence-electron chi connectivity index (χ3n) is 2.81. The summed E-state index contributed by atoms with van der Waals surface area (Å²) in [7, 11) is 0. The van der Waals surface area contributed by atoms with Crippen molar-refractivity contribution in [1.29, 1.82) is 0 Å². The highest BCUT2D eigenvalue weighted by atomic mass is 14.0. The van der Waals surface area contributed by atoms with Crippen LogP contribution in [0.4, 0.5) is 0 Å². The number of unbranched alkanes of at least 4 members (excludes halogenated alkanes) is 1. The van der Waals surface area contributed by atoms with Gasteiger partial charge in [-0.05, 0) is 51.2 Å². The molecule has 0 aliphatic heterocycles. The Labute approximate surface area is 101 Å². The highest BCUT2D eigenvalue weighted by molar-refractivity contribution is 5.15. The van der Waals surface area contributed by atoms with Crippen LogP contribution in [0.5, 0.6) is 0 Å². The standard InChI is InChI=1S/C16H24/c1-6-14(4)12-10-9-11-13-16(8-3)15(5)7-2/h2,10,13,15H,6,8-9,11H2,1,3-5H3/b16-13-. The Morgan fingerprint density at radius 2 is 1.94 bits per heavy atom. The second-order valence-electron chi connectivity index (χ2n) is 4.08. The van der Waals surface area contributed by atoms with E-state index in [1.165, 1.54) is 11.1 Å². The van der Waals surface area contributed by atoms with Crippen LogP contribution in [0.3, 0.4) is 0 Å². The molecule has 0 heterocycles. The summed E-state index contributed by atoms with van der Waals surface area (Å²) in [6.07, 6.45) is 14.1. The Morgan fingerprint density at radius 1 is 1.25 bits per heavy atom. The minimum atomic E-state index is 0.280. The van der Waals surface area contributed by atoms with E-state index in [0.717, 1.165) is 25.7 Å². The molecule has 0 amide bonds. The molecule has 0 N–H and O–H groups in total. The van der Waals surface area contributed by atoms with Gasteiger partial charge in [-0.2, -0.15) is 0 Å². The predicted molar refractivity (Wildman–Crippen MR) is 73.2 cm³/mol. The van der Waals surface area contributed by atoms with Crippen LogP contribution in [-0.4, -0.2) is 0 Å². The van der Waals surface area contributed by atoms with Crippen LogP contribution in [0.25, 0.3) is 0 Å². The van der Waals surface area contributed by atoms with Crippen LogP contribution in [0.2, 0.25) is 0 Å². The first-order valence-corrected chi connectivity index (χ1v) is 6.21. The highest BCUT2D eigenvalue weighted by Crippen LogP contribution is 2.14. The first-order chi connectivity index (χ1) is 7.65. The van der Waals surface area contributed by atoms with Gasteiger partial charge in [0.1, 0.15) is 0 Å². The van der Waals surface area contributed by atoms with Crippen LogP contribution in [0, 0.1) is 18.3 Å².